The molecule has 4 aromatic rings. The van der Waals surface area contributed by atoms with Crippen LogP contribution >= 0.6 is 0 Å². The highest BCUT2D eigenvalue weighted by molar-refractivity contribution is 7.92. The van der Waals surface area contributed by atoms with Crippen molar-refractivity contribution in [2.75, 3.05) is 10.8 Å². The second-order valence-corrected chi connectivity index (χ2v) is 11.4. The summed E-state index contributed by atoms with van der Waals surface area (Å²) >= 11 is 0. The Hall–Kier alpha value is -4.24. The maximum atomic E-state index is 13.5. The predicted octanol–water partition coefficient (Wildman–Crippen LogP) is 5.50. The summed E-state index contributed by atoms with van der Waals surface area (Å²) in [5.74, 6) is -1.16. The first kappa shape index (κ1) is 27.8. The Morgan fingerprint density at radius 2 is 1.59 bits per heavy atom. The fourth-order valence-corrected chi connectivity index (χ4v) is 5.70. The first-order valence-corrected chi connectivity index (χ1v) is 13.8. The van der Waals surface area contributed by atoms with Crippen molar-refractivity contribution in [3.63, 3.8) is 0 Å². The number of aryl methyl sites for hydroxylation is 4. The van der Waals surface area contributed by atoms with Crippen molar-refractivity contribution < 1.29 is 17.6 Å². The van der Waals surface area contributed by atoms with Crippen LogP contribution in [0, 0.1) is 40.4 Å². The van der Waals surface area contributed by atoms with Gasteiger partial charge in [-0.25, -0.2) is 18.2 Å². The zero-order valence-electron chi connectivity index (χ0n) is 22.6. The molecule has 0 radical (unpaired) electrons. The molecule has 1 N–H and O–H groups in total. The fourth-order valence-electron chi connectivity index (χ4n) is 4.28. The van der Waals surface area contributed by atoms with Gasteiger partial charge in [0.15, 0.2) is 0 Å². The lowest BCUT2D eigenvalue weighted by molar-refractivity contribution is -0.119. The maximum absolute atomic E-state index is 13.5. The van der Waals surface area contributed by atoms with Crippen LogP contribution in [0.25, 0.3) is 5.69 Å². The minimum Gasteiger partial charge on any atom is -0.318 e. The number of hydrogen-bond acceptors (Lipinski definition) is 4. The molecule has 0 aliphatic heterocycles. The smallest absolute Gasteiger partial charge is 0.264 e. The van der Waals surface area contributed by atoms with E-state index in [1.807, 2.05) is 26.8 Å². The van der Waals surface area contributed by atoms with Crippen LogP contribution in [0.1, 0.15) is 33.6 Å². The summed E-state index contributed by atoms with van der Waals surface area (Å²) in [5.41, 5.74) is 9.69. The van der Waals surface area contributed by atoms with E-state index in [9.17, 15) is 17.6 Å². The monoisotopic (exact) mass is 546 g/mol. The van der Waals surface area contributed by atoms with Crippen molar-refractivity contribution in [1.82, 2.24) is 9.99 Å². The maximum Gasteiger partial charge on any atom is 0.264 e. The minimum atomic E-state index is -4.11. The Morgan fingerprint density at radius 1 is 0.923 bits per heavy atom. The number of nitrogens with one attached hydrogen (secondary N) is 1. The van der Waals surface area contributed by atoms with Gasteiger partial charge >= 0.3 is 0 Å². The highest BCUT2D eigenvalue weighted by Crippen LogP contribution is 2.25. The zero-order chi connectivity index (χ0) is 28.3. The number of rotatable bonds is 8. The molecule has 0 atom stereocenters. The van der Waals surface area contributed by atoms with Crippen molar-refractivity contribution in [3.05, 3.63) is 112 Å². The number of carbonyl (C=O) groups is 1. The molecule has 9 heteroatoms. The molecule has 0 saturated carbocycles. The Kier molecular flexibility index (Phi) is 8.01. The minimum absolute atomic E-state index is 0.0208. The third-order valence-electron chi connectivity index (χ3n) is 6.62. The molecule has 0 unspecified atom stereocenters. The average molecular weight is 547 g/mol. The van der Waals surface area contributed by atoms with Gasteiger partial charge in [-0.15, -0.1) is 0 Å². The van der Waals surface area contributed by atoms with E-state index in [4.69, 9.17) is 0 Å². The topological polar surface area (TPSA) is 83.8 Å². The average Bonchev–Trinajstić information content (AvgIpc) is 3.17. The normalized spacial score (nSPS) is 11.6. The first-order chi connectivity index (χ1) is 18.5. The van der Waals surface area contributed by atoms with Crippen molar-refractivity contribution in [2.24, 2.45) is 5.10 Å². The Labute approximate surface area is 228 Å². The van der Waals surface area contributed by atoms with Crippen LogP contribution in [-0.4, -0.2) is 31.7 Å². The Morgan fingerprint density at radius 3 is 2.23 bits per heavy atom. The summed E-state index contributed by atoms with van der Waals surface area (Å²) in [6, 6.07) is 19.5. The van der Waals surface area contributed by atoms with Gasteiger partial charge in [0.25, 0.3) is 15.9 Å². The van der Waals surface area contributed by atoms with E-state index < -0.39 is 28.3 Å². The van der Waals surface area contributed by atoms with Crippen LogP contribution in [0.4, 0.5) is 10.1 Å². The second-order valence-electron chi connectivity index (χ2n) is 9.52. The second kappa shape index (κ2) is 11.2. The molecular formula is C30H31FN4O3S. The summed E-state index contributed by atoms with van der Waals surface area (Å²) in [7, 11) is -4.11. The molecule has 4 rings (SSSR count). The van der Waals surface area contributed by atoms with E-state index in [0.717, 1.165) is 44.6 Å². The molecule has 1 amide bonds. The van der Waals surface area contributed by atoms with Crippen LogP contribution in [0.2, 0.25) is 0 Å². The van der Waals surface area contributed by atoms with Crippen LogP contribution in [0.15, 0.2) is 82.8 Å². The highest BCUT2D eigenvalue weighted by Gasteiger charge is 2.27. The molecule has 0 aliphatic carbocycles. The molecular weight excluding hydrogens is 515 g/mol. The number of hydrazone groups is 1. The van der Waals surface area contributed by atoms with Gasteiger partial charge < -0.3 is 4.57 Å². The largest absolute Gasteiger partial charge is 0.318 e. The third kappa shape index (κ3) is 6.09. The molecule has 0 saturated heterocycles. The lowest BCUT2D eigenvalue weighted by Crippen LogP contribution is -2.39. The lowest BCUT2D eigenvalue weighted by Gasteiger charge is -2.23. The van der Waals surface area contributed by atoms with Crippen molar-refractivity contribution in [3.8, 4) is 5.69 Å². The van der Waals surface area contributed by atoms with E-state index in [0.29, 0.717) is 0 Å². The standard InChI is InChI=1S/C30H31FN4O3S/c1-20-6-14-29(15-7-20)39(37,38)34(27-12-9-26(31)10-13-27)19-30(36)33-32-18-25-17-23(4)35(24(25)5)28-11-8-21(2)22(3)16-28/h6-18H,19H2,1-5H3,(H,33,36)/b32-18-. The van der Waals surface area contributed by atoms with Crippen LogP contribution in [0.3, 0.4) is 0 Å². The molecule has 1 aromatic heterocycles. The summed E-state index contributed by atoms with van der Waals surface area (Å²) < 4.78 is 43.5. The SMILES string of the molecule is Cc1ccc(S(=O)(=O)N(CC(=O)N/N=C\c2cc(C)n(-c3ccc(C)c(C)c3)c2C)c2ccc(F)cc2)cc1. The van der Waals surface area contributed by atoms with Crippen molar-refractivity contribution in [1.29, 1.82) is 0 Å². The number of halogens is 1. The zero-order valence-corrected chi connectivity index (χ0v) is 23.4. The quantitative estimate of drug-likeness (QED) is 0.234. The molecule has 3 aromatic carbocycles. The number of aromatic nitrogens is 1. The summed E-state index contributed by atoms with van der Waals surface area (Å²) in [6.07, 6.45) is 1.54. The van der Waals surface area contributed by atoms with E-state index >= 15 is 0 Å². The molecule has 0 fully saturated rings. The molecule has 0 aliphatic rings. The van der Waals surface area contributed by atoms with Crippen LogP contribution in [0.5, 0.6) is 0 Å². The number of anilines is 1. The highest BCUT2D eigenvalue weighted by atomic mass is 32.2. The van der Waals surface area contributed by atoms with Gasteiger partial charge in [-0.05, 0) is 100 Å². The van der Waals surface area contributed by atoms with E-state index in [-0.39, 0.29) is 10.6 Å². The summed E-state index contributed by atoms with van der Waals surface area (Å²) in [6.45, 7) is 9.40. The Bertz CT molecular complexity index is 1640. The number of sulfonamides is 1. The summed E-state index contributed by atoms with van der Waals surface area (Å²) in [4.78, 5) is 12.9. The molecule has 7 nitrogen and oxygen atoms in total. The number of hydrogen-bond donors (Lipinski definition) is 1. The van der Waals surface area contributed by atoms with E-state index in [1.54, 1.807) is 12.1 Å². The van der Waals surface area contributed by atoms with Crippen LogP contribution < -0.4 is 9.73 Å². The van der Waals surface area contributed by atoms with Gasteiger partial charge in [0.1, 0.15) is 12.4 Å². The lowest BCUT2D eigenvalue weighted by atomic mass is 10.1. The van der Waals surface area contributed by atoms with Gasteiger partial charge in [-0.3, -0.25) is 9.10 Å². The number of benzene rings is 3. The van der Waals surface area contributed by atoms with E-state index in [1.165, 1.54) is 41.6 Å². The van der Waals surface area contributed by atoms with Gasteiger partial charge in [-0.1, -0.05) is 23.8 Å². The van der Waals surface area contributed by atoms with Crippen molar-refractivity contribution >= 4 is 27.8 Å². The van der Waals surface area contributed by atoms with Gasteiger partial charge in [0.05, 0.1) is 16.8 Å². The van der Waals surface area contributed by atoms with Gasteiger partial charge in [0, 0.05) is 22.6 Å². The van der Waals surface area contributed by atoms with Gasteiger partial charge in [-0.2, -0.15) is 5.10 Å². The summed E-state index contributed by atoms with van der Waals surface area (Å²) in [5, 5.41) is 4.09. The van der Waals surface area contributed by atoms with Crippen molar-refractivity contribution in [2.45, 2.75) is 39.5 Å². The molecule has 39 heavy (non-hydrogen) atoms. The van der Waals surface area contributed by atoms with E-state index in [2.05, 4.69) is 47.1 Å². The first-order valence-electron chi connectivity index (χ1n) is 12.4. The number of nitrogens with zero attached hydrogens (tertiary/aromatic N) is 3. The number of carbonyl (C=O) groups excluding carboxylic acids is 1. The fraction of sp³-hybridized carbons (Fsp3) is 0.200. The number of amides is 1. The Balaban J connectivity index is 1.55. The van der Waals surface area contributed by atoms with Crippen LogP contribution in [-0.2, 0) is 14.8 Å². The third-order valence-corrected chi connectivity index (χ3v) is 8.41. The molecule has 0 bridgehead atoms. The van der Waals surface area contributed by atoms with Gasteiger partial charge in [0.2, 0.25) is 0 Å². The predicted molar refractivity (Wildman–Crippen MR) is 153 cm³/mol. The molecule has 202 valence electrons. The molecule has 0 spiro atoms. The molecule has 1 heterocycles.